The number of amides is 1. The molecule has 0 unspecified atom stereocenters. The van der Waals surface area contributed by atoms with Crippen LogP contribution in [0.3, 0.4) is 0 Å². The first-order valence-electron chi connectivity index (χ1n) is 6.84. The zero-order chi connectivity index (χ0) is 14.7. The number of rotatable bonds is 3. The Bertz CT molecular complexity index is 704. The van der Waals surface area contributed by atoms with E-state index in [-0.39, 0.29) is 11.5 Å². The molecular formula is C15H16N2O4. The van der Waals surface area contributed by atoms with E-state index in [0.29, 0.717) is 31.0 Å². The first-order chi connectivity index (χ1) is 10.2. The maximum atomic E-state index is 12.0. The summed E-state index contributed by atoms with van der Waals surface area (Å²) < 4.78 is 10.3. The van der Waals surface area contributed by atoms with Crippen molar-refractivity contribution >= 4 is 22.6 Å². The summed E-state index contributed by atoms with van der Waals surface area (Å²) in [5, 5.41) is 3.63. The Labute approximate surface area is 121 Å². The first kappa shape index (κ1) is 13.8. The minimum atomic E-state index is -0.383. The number of hydrogen-bond donors (Lipinski definition) is 1. The van der Waals surface area contributed by atoms with Gasteiger partial charge in [0.25, 0.3) is 0 Å². The van der Waals surface area contributed by atoms with E-state index >= 15 is 0 Å². The average Bonchev–Trinajstić information content (AvgIpc) is 2.48. The SMILES string of the molecule is O=C(CN1CCOCC1)Nc1ccc2oc(=O)ccc2c1. The Morgan fingerprint density at radius 3 is 2.81 bits per heavy atom. The van der Waals surface area contributed by atoms with Crippen molar-refractivity contribution in [3.05, 3.63) is 40.8 Å². The summed E-state index contributed by atoms with van der Waals surface area (Å²) in [6.07, 6.45) is 0. The first-order valence-corrected chi connectivity index (χ1v) is 6.84. The number of carbonyl (C=O) groups is 1. The Hall–Kier alpha value is -2.18. The number of anilines is 1. The summed E-state index contributed by atoms with van der Waals surface area (Å²) in [5.41, 5.74) is 0.815. The standard InChI is InChI=1S/C15H16N2O4/c18-14(10-17-5-7-20-8-6-17)16-12-2-3-13-11(9-12)1-4-15(19)21-13/h1-4,9H,5-8,10H2,(H,16,18). The van der Waals surface area contributed by atoms with E-state index in [9.17, 15) is 9.59 Å². The zero-order valence-corrected chi connectivity index (χ0v) is 11.5. The number of morpholine rings is 1. The van der Waals surface area contributed by atoms with Crippen molar-refractivity contribution in [2.24, 2.45) is 0 Å². The molecule has 0 atom stereocenters. The number of fused-ring (bicyclic) bond motifs is 1. The fraction of sp³-hybridized carbons (Fsp3) is 0.333. The van der Waals surface area contributed by atoms with E-state index in [1.807, 2.05) is 0 Å². The minimum absolute atomic E-state index is 0.0615. The van der Waals surface area contributed by atoms with Crippen LogP contribution in [0.4, 0.5) is 5.69 Å². The molecule has 3 rings (SSSR count). The Kier molecular flexibility index (Phi) is 3.98. The van der Waals surface area contributed by atoms with Crippen LogP contribution in [-0.4, -0.2) is 43.7 Å². The molecule has 6 heteroatoms. The van der Waals surface area contributed by atoms with Gasteiger partial charge in [0.1, 0.15) is 5.58 Å². The largest absolute Gasteiger partial charge is 0.423 e. The fourth-order valence-electron chi connectivity index (χ4n) is 2.31. The molecule has 1 amide bonds. The number of ether oxygens (including phenoxy) is 1. The van der Waals surface area contributed by atoms with Gasteiger partial charge in [0.15, 0.2) is 0 Å². The number of nitrogens with one attached hydrogen (secondary N) is 1. The van der Waals surface area contributed by atoms with Gasteiger partial charge in [0, 0.05) is 30.2 Å². The van der Waals surface area contributed by atoms with Gasteiger partial charge in [-0.3, -0.25) is 9.69 Å². The van der Waals surface area contributed by atoms with Gasteiger partial charge < -0.3 is 14.5 Å². The van der Waals surface area contributed by atoms with Gasteiger partial charge in [-0.25, -0.2) is 4.79 Å². The molecule has 21 heavy (non-hydrogen) atoms. The molecule has 1 N–H and O–H groups in total. The minimum Gasteiger partial charge on any atom is -0.423 e. The van der Waals surface area contributed by atoms with Crippen LogP contribution in [0.15, 0.2) is 39.5 Å². The molecule has 1 aromatic carbocycles. The molecule has 1 aromatic heterocycles. The van der Waals surface area contributed by atoms with E-state index in [4.69, 9.17) is 9.15 Å². The highest BCUT2D eigenvalue weighted by Crippen LogP contribution is 2.17. The van der Waals surface area contributed by atoms with Crippen molar-refractivity contribution in [2.45, 2.75) is 0 Å². The van der Waals surface area contributed by atoms with Crippen molar-refractivity contribution in [3.8, 4) is 0 Å². The van der Waals surface area contributed by atoms with Crippen LogP contribution in [0.2, 0.25) is 0 Å². The summed E-state index contributed by atoms with van der Waals surface area (Å²) in [7, 11) is 0. The molecule has 0 radical (unpaired) electrons. The predicted molar refractivity (Wildman–Crippen MR) is 78.4 cm³/mol. The van der Waals surface area contributed by atoms with Gasteiger partial charge in [-0.2, -0.15) is 0 Å². The fourth-order valence-corrected chi connectivity index (χ4v) is 2.31. The van der Waals surface area contributed by atoms with Crippen LogP contribution < -0.4 is 10.9 Å². The molecule has 1 saturated heterocycles. The van der Waals surface area contributed by atoms with Crippen LogP contribution in [0.25, 0.3) is 11.0 Å². The maximum Gasteiger partial charge on any atom is 0.336 e. The van der Waals surface area contributed by atoms with Crippen LogP contribution in [0, 0.1) is 0 Å². The molecular weight excluding hydrogens is 272 g/mol. The normalized spacial score (nSPS) is 16.0. The summed E-state index contributed by atoms with van der Waals surface area (Å²) in [4.78, 5) is 25.2. The van der Waals surface area contributed by atoms with Crippen LogP contribution in [0.5, 0.6) is 0 Å². The second kappa shape index (κ2) is 6.07. The molecule has 1 aliphatic heterocycles. The van der Waals surface area contributed by atoms with E-state index in [1.54, 1.807) is 24.3 Å². The van der Waals surface area contributed by atoms with E-state index < -0.39 is 0 Å². The topological polar surface area (TPSA) is 71.8 Å². The zero-order valence-electron chi connectivity index (χ0n) is 11.5. The molecule has 2 aromatic rings. The molecule has 0 spiro atoms. The third kappa shape index (κ3) is 3.48. The molecule has 0 bridgehead atoms. The van der Waals surface area contributed by atoms with Crippen molar-refractivity contribution in [1.82, 2.24) is 4.90 Å². The van der Waals surface area contributed by atoms with Gasteiger partial charge in [0.2, 0.25) is 5.91 Å². The molecule has 1 fully saturated rings. The van der Waals surface area contributed by atoms with Gasteiger partial charge in [-0.05, 0) is 24.3 Å². The van der Waals surface area contributed by atoms with E-state index in [1.165, 1.54) is 6.07 Å². The quantitative estimate of drug-likeness (QED) is 0.855. The third-order valence-electron chi connectivity index (χ3n) is 3.37. The van der Waals surface area contributed by atoms with E-state index in [2.05, 4.69) is 10.2 Å². The van der Waals surface area contributed by atoms with Gasteiger partial charge in [-0.1, -0.05) is 0 Å². The highest BCUT2D eigenvalue weighted by Gasteiger charge is 2.14. The average molecular weight is 288 g/mol. The Balaban J connectivity index is 1.67. The molecule has 2 heterocycles. The number of hydrogen-bond acceptors (Lipinski definition) is 5. The van der Waals surface area contributed by atoms with Crippen LogP contribution in [-0.2, 0) is 9.53 Å². The molecule has 6 nitrogen and oxygen atoms in total. The lowest BCUT2D eigenvalue weighted by molar-refractivity contribution is -0.118. The third-order valence-corrected chi connectivity index (χ3v) is 3.37. The lowest BCUT2D eigenvalue weighted by Gasteiger charge is -2.25. The second-order valence-electron chi connectivity index (χ2n) is 4.94. The van der Waals surface area contributed by atoms with Crippen molar-refractivity contribution < 1.29 is 13.9 Å². The Morgan fingerprint density at radius 2 is 2.00 bits per heavy atom. The number of carbonyl (C=O) groups excluding carboxylic acids is 1. The highest BCUT2D eigenvalue weighted by atomic mass is 16.5. The van der Waals surface area contributed by atoms with Gasteiger partial charge >= 0.3 is 5.63 Å². The highest BCUT2D eigenvalue weighted by molar-refractivity contribution is 5.94. The van der Waals surface area contributed by atoms with E-state index in [0.717, 1.165) is 18.5 Å². The molecule has 110 valence electrons. The maximum absolute atomic E-state index is 12.0. The lowest BCUT2D eigenvalue weighted by Crippen LogP contribution is -2.41. The van der Waals surface area contributed by atoms with Crippen LogP contribution in [0.1, 0.15) is 0 Å². The molecule has 0 saturated carbocycles. The van der Waals surface area contributed by atoms with Crippen molar-refractivity contribution in [2.75, 3.05) is 38.2 Å². The number of benzene rings is 1. The lowest BCUT2D eigenvalue weighted by atomic mass is 10.2. The molecule has 1 aliphatic rings. The van der Waals surface area contributed by atoms with Crippen LogP contribution >= 0.6 is 0 Å². The monoisotopic (exact) mass is 288 g/mol. The predicted octanol–water partition coefficient (Wildman–Crippen LogP) is 1.06. The van der Waals surface area contributed by atoms with Gasteiger partial charge in [0.05, 0.1) is 19.8 Å². The summed E-state index contributed by atoms with van der Waals surface area (Å²) >= 11 is 0. The molecule has 0 aliphatic carbocycles. The Morgan fingerprint density at radius 1 is 1.19 bits per heavy atom. The second-order valence-corrected chi connectivity index (χ2v) is 4.94. The summed E-state index contributed by atoms with van der Waals surface area (Å²) in [6.45, 7) is 3.24. The van der Waals surface area contributed by atoms with Crippen molar-refractivity contribution in [1.29, 1.82) is 0 Å². The van der Waals surface area contributed by atoms with Gasteiger partial charge in [-0.15, -0.1) is 0 Å². The summed E-state index contributed by atoms with van der Waals surface area (Å²) in [5.74, 6) is -0.0615. The van der Waals surface area contributed by atoms with Crippen molar-refractivity contribution in [3.63, 3.8) is 0 Å². The summed E-state index contributed by atoms with van der Waals surface area (Å²) in [6, 6.07) is 8.24. The number of nitrogens with zero attached hydrogens (tertiary/aromatic N) is 1. The smallest absolute Gasteiger partial charge is 0.336 e.